The number of hydrogen-bond acceptors (Lipinski definition) is 3. The van der Waals surface area contributed by atoms with Crippen molar-refractivity contribution < 1.29 is 14.4 Å². The summed E-state index contributed by atoms with van der Waals surface area (Å²) in [5.74, 6) is -0.865. The highest BCUT2D eigenvalue weighted by Gasteiger charge is 2.47. The molecule has 0 spiro atoms. The van der Waals surface area contributed by atoms with Crippen LogP contribution in [0.4, 0.5) is 4.79 Å². The molecule has 0 aliphatic carbocycles. The molecule has 1 unspecified atom stereocenters. The van der Waals surface area contributed by atoms with E-state index in [0.29, 0.717) is 6.42 Å². The van der Waals surface area contributed by atoms with Crippen LogP contribution in [0.15, 0.2) is 30.5 Å². The number of aromatic nitrogens is 1. The van der Waals surface area contributed by atoms with E-state index in [1.54, 1.807) is 20.0 Å². The molecule has 2 heterocycles. The highest BCUT2D eigenvalue weighted by molar-refractivity contribution is 6.07. The van der Waals surface area contributed by atoms with E-state index in [1.165, 1.54) is 0 Å². The number of carbonyl (C=O) groups is 3. The molecule has 23 heavy (non-hydrogen) atoms. The van der Waals surface area contributed by atoms with Crippen molar-refractivity contribution >= 4 is 28.7 Å². The SMILES string of the molecule is CCC1(C)NC(=O)N(NC(=O)Cc2c[nH]c3ccccc23)C1=O. The predicted octanol–water partition coefficient (Wildman–Crippen LogP) is 1.46. The highest BCUT2D eigenvalue weighted by atomic mass is 16.2. The van der Waals surface area contributed by atoms with Crippen LogP contribution in [0.1, 0.15) is 25.8 Å². The van der Waals surface area contributed by atoms with Crippen LogP contribution < -0.4 is 10.7 Å². The zero-order chi connectivity index (χ0) is 16.6. The van der Waals surface area contributed by atoms with Crippen molar-refractivity contribution in [3.8, 4) is 0 Å². The number of imide groups is 1. The van der Waals surface area contributed by atoms with Gasteiger partial charge >= 0.3 is 6.03 Å². The zero-order valence-corrected chi connectivity index (χ0v) is 13.0. The number of hydrogen-bond donors (Lipinski definition) is 3. The summed E-state index contributed by atoms with van der Waals surface area (Å²) in [6, 6.07) is 7.02. The number of nitrogens with one attached hydrogen (secondary N) is 3. The molecule has 4 amide bonds. The molecule has 0 radical (unpaired) electrons. The number of urea groups is 1. The molecule has 1 aliphatic heterocycles. The Morgan fingerprint density at radius 2 is 2.04 bits per heavy atom. The van der Waals surface area contributed by atoms with Gasteiger partial charge in [0.25, 0.3) is 5.91 Å². The van der Waals surface area contributed by atoms with Crippen molar-refractivity contribution in [2.75, 3.05) is 0 Å². The zero-order valence-electron chi connectivity index (χ0n) is 13.0. The monoisotopic (exact) mass is 314 g/mol. The van der Waals surface area contributed by atoms with E-state index >= 15 is 0 Å². The molecule has 3 rings (SSSR count). The molecule has 120 valence electrons. The summed E-state index contributed by atoms with van der Waals surface area (Å²) < 4.78 is 0. The van der Waals surface area contributed by atoms with Gasteiger partial charge < -0.3 is 10.3 Å². The molecule has 1 fully saturated rings. The summed E-state index contributed by atoms with van der Waals surface area (Å²) in [6.45, 7) is 3.44. The summed E-state index contributed by atoms with van der Waals surface area (Å²) in [7, 11) is 0. The maximum Gasteiger partial charge on any atom is 0.344 e. The Hall–Kier alpha value is -2.83. The molecule has 0 saturated carbocycles. The fourth-order valence-corrected chi connectivity index (χ4v) is 2.64. The number of amides is 4. The van der Waals surface area contributed by atoms with Crippen molar-refractivity contribution in [2.45, 2.75) is 32.2 Å². The Kier molecular flexibility index (Phi) is 3.55. The minimum Gasteiger partial charge on any atom is -0.361 e. The minimum absolute atomic E-state index is 0.0733. The standard InChI is InChI=1S/C16H18N4O3/c1-3-16(2)14(22)20(15(23)18-16)19-13(21)8-10-9-17-12-7-5-4-6-11(10)12/h4-7,9,17H,3,8H2,1-2H3,(H,18,23)(H,19,21). The Bertz CT molecular complexity index is 797. The van der Waals surface area contributed by atoms with Crippen LogP contribution in [-0.2, 0) is 16.0 Å². The lowest BCUT2D eigenvalue weighted by atomic mass is 10.00. The Morgan fingerprint density at radius 1 is 1.30 bits per heavy atom. The van der Waals surface area contributed by atoms with Gasteiger partial charge in [0.1, 0.15) is 5.54 Å². The quantitative estimate of drug-likeness (QED) is 0.746. The van der Waals surface area contributed by atoms with Crippen LogP contribution in [0.25, 0.3) is 10.9 Å². The number of fused-ring (bicyclic) bond motifs is 1. The number of benzene rings is 1. The van der Waals surface area contributed by atoms with E-state index in [2.05, 4.69) is 15.7 Å². The van der Waals surface area contributed by atoms with Crippen molar-refractivity contribution in [3.05, 3.63) is 36.0 Å². The molecule has 1 atom stereocenters. The first-order valence-electron chi connectivity index (χ1n) is 7.46. The number of H-pyrrole nitrogens is 1. The van der Waals surface area contributed by atoms with Gasteiger partial charge in [-0.15, -0.1) is 0 Å². The van der Waals surface area contributed by atoms with Crippen molar-refractivity contribution in [2.24, 2.45) is 0 Å². The third-order valence-corrected chi connectivity index (χ3v) is 4.23. The molecule has 0 bridgehead atoms. The first-order valence-corrected chi connectivity index (χ1v) is 7.46. The number of aromatic amines is 1. The summed E-state index contributed by atoms with van der Waals surface area (Å²) in [4.78, 5) is 39.4. The third-order valence-electron chi connectivity index (χ3n) is 4.23. The van der Waals surface area contributed by atoms with Gasteiger partial charge in [-0.25, -0.2) is 4.79 Å². The lowest BCUT2D eigenvalue weighted by Crippen LogP contribution is -2.49. The molecule has 1 aliphatic rings. The normalized spacial score (nSPS) is 20.9. The van der Waals surface area contributed by atoms with E-state index < -0.39 is 23.4 Å². The second kappa shape index (κ2) is 5.42. The Morgan fingerprint density at radius 3 is 2.74 bits per heavy atom. The van der Waals surface area contributed by atoms with Crippen LogP contribution in [0, 0.1) is 0 Å². The average Bonchev–Trinajstić information content (AvgIpc) is 3.03. The first kappa shape index (κ1) is 15.1. The lowest BCUT2D eigenvalue weighted by Gasteiger charge is -2.19. The molecule has 2 aromatic rings. The molecule has 1 aromatic heterocycles. The van der Waals surface area contributed by atoms with E-state index in [4.69, 9.17) is 0 Å². The maximum absolute atomic E-state index is 12.2. The van der Waals surface area contributed by atoms with Crippen LogP contribution in [0.3, 0.4) is 0 Å². The van der Waals surface area contributed by atoms with Gasteiger partial charge in [0, 0.05) is 17.1 Å². The van der Waals surface area contributed by atoms with Crippen molar-refractivity contribution in [3.63, 3.8) is 0 Å². The van der Waals surface area contributed by atoms with Gasteiger partial charge in [0.05, 0.1) is 6.42 Å². The molecule has 1 saturated heterocycles. The van der Waals surface area contributed by atoms with Crippen molar-refractivity contribution in [1.29, 1.82) is 0 Å². The number of para-hydroxylation sites is 1. The second-order valence-corrected chi connectivity index (χ2v) is 5.83. The maximum atomic E-state index is 12.2. The topological polar surface area (TPSA) is 94.3 Å². The molecule has 1 aromatic carbocycles. The second-order valence-electron chi connectivity index (χ2n) is 5.83. The number of hydrazine groups is 1. The van der Waals surface area contributed by atoms with Crippen molar-refractivity contribution in [1.82, 2.24) is 20.7 Å². The Labute approximate surface area is 133 Å². The van der Waals surface area contributed by atoms with E-state index in [0.717, 1.165) is 21.5 Å². The summed E-state index contributed by atoms with van der Waals surface area (Å²) in [6.07, 6.45) is 2.28. The van der Waals surface area contributed by atoms with Crippen LogP contribution >= 0.6 is 0 Å². The molecule has 7 heteroatoms. The predicted molar refractivity (Wildman–Crippen MR) is 84.2 cm³/mol. The highest BCUT2D eigenvalue weighted by Crippen LogP contribution is 2.20. The third kappa shape index (κ3) is 2.54. The van der Waals surface area contributed by atoms with Gasteiger partial charge in [-0.05, 0) is 25.0 Å². The minimum atomic E-state index is -0.967. The summed E-state index contributed by atoms with van der Waals surface area (Å²) in [5.41, 5.74) is 3.17. The van der Waals surface area contributed by atoms with E-state index in [1.807, 2.05) is 24.3 Å². The molecule has 7 nitrogen and oxygen atoms in total. The van der Waals surface area contributed by atoms with Gasteiger partial charge in [0.2, 0.25) is 5.91 Å². The fraction of sp³-hybridized carbons (Fsp3) is 0.312. The van der Waals surface area contributed by atoms with Gasteiger partial charge in [-0.1, -0.05) is 25.1 Å². The number of carbonyl (C=O) groups excluding carboxylic acids is 3. The van der Waals surface area contributed by atoms with E-state index in [-0.39, 0.29) is 6.42 Å². The first-order chi connectivity index (χ1) is 10.9. The summed E-state index contributed by atoms with van der Waals surface area (Å²) >= 11 is 0. The molecular formula is C16H18N4O3. The van der Waals surface area contributed by atoms with Crippen LogP contribution in [0.5, 0.6) is 0 Å². The summed E-state index contributed by atoms with van der Waals surface area (Å²) in [5, 5.41) is 4.30. The van der Waals surface area contributed by atoms with Gasteiger partial charge in [-0.3, -0.25) is 15.0 Å². The van der Waals surface area contributed by atoms with E-state index in [9.17, 15) is 14.4 Å². The fourth-order valence-electron chi connectivity index (χ4n) is 2.64. The Balaban J connectivity index is 1.73. The number of rotatable bonds is 4. The molecule has 3 N–H and O–H groups in total. The smallest absolute Gasteiger partial charge is 0.344 e. The van der Waals surface area contributed by atoms with Crippen LogP contribution in [0.2, 0.25) is 0 Å². The van der Waals surface area contributed by atoms with Crippen LogP contribution in [-0.4, -0.2) is 33.4 Å². The number of nitrogens with zero attached hydrogens (tertiary/aromatic N) is 1. The largest absolute Gasteiger partial charge is 0.361 e. The van der Waals surface area contributed by atoms with Gasteiger partial charge in [0.15, 0.2) is 0 Å². The van der Waals surface area contributed by atoms with Gasteiger partial charge in [-0.2, -0.15) is 5.01 Å². The lowest BCUT2D eigenvalue weighted by molar-refractivity contribution is -0.138. The molecular weight excluding hydrogens is 296 g/mol. The average molecular weight is 314 g/mol.